The second kappa shape index (κ2) is 4.73. The molecule has 1 aromatic carbocycles. The van der Waals surface area contributed by atoms with Gasteiger partial charge in [0.15, 0.2) is 0 Å². The van der Waals surface area contributed by atoms with Gasteiger partial charge in [-0.15, -0.1) is 0 Å². The third kappa shape index (κ3) is 2.19. The van der Waals surface area contributed by atoms with Gasteiger partial charge in [-0.3, -0.25) is 0 Å². The molecule has 1 N–H and O–H groups in total. The van der Waals surface area contributed by atoms with Gasteiger partial charge in [-0.2, -0.15) is 0 Å². The number of morpholine rings is 1. The molecule has 1 heterocycles. The van der Waals surface area contributed by atoms with Crippen LogP contribution in [0.15, 0.2) is 24.3 Å². The third-order valence-corrected chi connectivity index (χ3v) is 2.82. The quantitative estimate of drug-likeness (QED) is 0.806. The second-order valence-corrected chi connectivity index (χ2v) is 3.78. The minimum Gasteiger partial charge on any atom is -0.370 e. The van der Waals surface area contributed by atoms with Crippen LogP contribution >= 0.6 is 0 Å². The lowest BCUT2D eigenvalue weighted by molar-refractivity contribution is -0.00840. The summed E-state index contributed by atoms with van der Waals surface area (Å²) in [6.07, 6.45) is 0.795. The molecular formula is C12H16FNO. The van der Waals surface area contributed by atoms with Crippen molar-refractivity contribution in [1.29, 1.82) is 0 Å². The van der Waals surface area contributed by atoms with E-state index < -0.39 is 0 Å². The molecule has 1 aromatic rings. The van der Waals surface area contributed by atoms with Gasteiger partial charge in [0.1, 0.15) is 11.9 Å². The lowest BCUT2D eigenvalue weighted by atomic mass is 9.98. The van der Waals surface area contributed by atoms with Crippen LogP contribution in [0.1, 0.15) is 25.0 Å². The van der Waals surface area contributed by atoms with Gasteiger partial charge in [-0.05, 0) is 12.5 Å². The number of hydrogen-bond donors (Lipinski definition) is 1. The summed E-state index contributed by atoms with van der Waals surface area (Å²) >= 11 is 0. The maximum Gasteiger partial charge on any atom is 0.129 e. The van der Waals surface area contributed by atoms with Crippen LogP contribution in [-0.4, -0.2) is 19.2 Å². The van der Waals surface area contributed by atoms with Crippen LogP contribution in [0.4, 0.5) is 4.39 Å². The SMILES string of the molecule is CCC1NCCOC1c1ccccc1F. The Morgan fingerprint density at radius 3 is 3.00 bits per heavy atom. The Bertz CT molecular complexity index is 329. The van der Waals surface area contributed by atoms with E-state index in [1.54, 1.807) is 12.1 Å². The smallest absolute Gasteiger partial charge is 0.129 e. The predicted octanol–water partition coefficient (Wildman–Crippen LogP) is 2.27. The lowest BCUT2D eigenvalue weighted by Crippen LogP contribution is -2.43. The molecule has 3 heteroatoms. The lowest BCUT2D eigenvalue weighted by Gasteiger charge is -2.32. The van der Waals surface area contributed by atoms with E-state index in [4.69, 9.17) is 4.74 Å². The molecule has 1 saturated heterocycles. The summed E-state index contributed by atoms with van der Waals surface area (Å²) in [5, 5.41) is 3.35. The summed E-state index contributed by atoms with van der Waals surface area (Å²) in [6.45, 7) is 3.58. The summed E-state index contributed by atoms with van der Waals surface area (Å²) in [5.74, 6) is -0.176. The molecule has 1 fully saturated rings. The zero-order valence-corrected chi connectivity index (χ0v) is 8.87. The summed E-state index contributed by atoms with van der Waals surface area (Å²) in [4.78, 5) is 0. The normalized spacial score (nSPS) is 26.5. The molecule has 2 rings (SSSR count). The Hall–Kier alpha value is -0.930. The first-order chi connectivity index (χ1) is 7.33. The largest absolute Gasteiger partial charge is 0.370 e. The summed E-state index contributed by atoms with van der Waals surface area (Å²) in [5.41, 5.74) is 0.663. The first kappa shape index (κ1) is 10.6. The van der Waals surface area contributed by atoms with E-state index in [2.05, 4.69) is 12.2 Å². The Labute approximate surface area is 89.4 Å². The molecule has 2 nitrogen and oxygen atoms in total. The van der Waals surface area contributed by atoms with Gasteiger partial charge in [0, 0.05) is 18.2 Å². The van der Waals surface area contributed by atoms with Gasteiger partial charge in [0.2, 0.25) is 0 Å². The van der Waals surface area contributed by atoms with Crippen LogP contribution < -0.4 is 5.32 Å². The second-order valence-electron chi connectivity index (χ2n) is 3.78. The fourth-order valence-corrected chi connectivity index (χ4v) is 2.02. The number of ether oxygens (including phenoxy) is 1. The molecule has 0 radical (unpaired) electrons. The first-order valence-electron chi connectivity index (χ1n) is 5.42. The van der Waals surface area contributed by atoms with Crippen molar-refractivity contribution in [2.24, 2.45) is 0 Å². The van der Waals surface area contributed by atoms with Crippen molar-refractivity contribution in [2.45, 2.75) is 25.5 Å². The molecule has 0 aromatic heterocycles. The van der Waals surface area contributed by atoms with Crippen LogP contribution in [0.5, 0.6) is 0 Å². The minimum atomic E-state index is -0.176. The Kier molecular flexibility index (Phi) is 3.34. The van der Waals surface area contributed by atoms with E-state index in [0.717, 1.165) is 13.0 Å². The molecule has 0 amide bonds. The predicted molar refractivity (Wildman–Crippen MR) is 57.2 cm³/mol. The zero-order chi connectivity index (χ0) is 10.7. The summed E-state index contributed by atoms with van der Waals surface area (Å²) in [6, 6.07) is 7.06. The minimum absolute atomic E-state index is 0.148. The van der Waals surface area contributed by atoms with Gasteiger partial charge in [-0.25, -0.2) is 4.39 Å². The summed E-state index contributed by atoms with van der Waals surface area (Å²) < 4.78 is 19.2. The molecule has 2 unspecified atom stereocenters. The fourth-order valence-electron chi connectivity index (χ4n) is 2.02. The Morgan fingerprint density at radius 1 is 1.47 bits per heavy atom. The number of halogens is 1. The fraction of sp³-hybridized carbons (Fsp3) is 0.500. The average molecular weight is 209 g/mol. The first-order valence-corrected chi connectivity index (χ1v) is 5.42. The topological polar surface area (TPSA) is 21.3 Å². The molecule has 1 aliphatic heterocycles. The van der Waals surface area contributed by atoms with Crippen LogP contribution in [-0.2, 0) is 4.74 Å². The van der Waals surface area contributed by atoms with E-state index in [1.165, 1.54) is 6.07 Å². The number of rotatable bonds is 2. The number of benzene rings is 1. The molecule has 0 bridgehead atoms. The molecular weight excluding hydrogens is 193 g/mol. The molecule has 0 aliphatic carbocycles. The molecule has 2 atom stereocenters. The van der Waals surface area contributed by atoms with E-state index in [0.29, 0.717) is 12.2 Å². The van der Waals surface area contributed by atoms with Gasteiger partial charge >= 0.3 is 0 Å². The van der Waals surface area contributed by atoms with Crippen molar-refractivity contribution in [3.8, 4) is 0 Å². The highest BCUT2D eigenvalue weighted by atomic mass is 19.1. The van der Waals surface area contributed by atoms with Gasteiger partial charge in [-0.1, -0.05) is 25.1 Å². The highest BCUT2D eigenvalue weighted by Crippen LogP contribution is 2.27. The van der Waals surface area contributed by atoms with E-state index in [-0.39, 0.29) is 18.0 Å². The maximum absolute atomic E-state index is 13.6. The van der Waals surface area contributed by atoms with Crippen LogP contribution in [0, 0.1) is 5.82 Å². The number of hydrogen-bond acceptors (Lipinski definition) is 2. The van der Waals surface area contributed by atoms with Crippen molar-refractivity contribution in [1.82, 2.24) is 5.32 Å². The van der Waals surface area contributed by atoms with E-state index in [1.807, 2.05) is 6.07 Å². The third-order valence-electron chi connectivity index (χ3n) is 2.82. The molecule has 15 heavy (non-hydrogen) atoms. The molecule has 1 aliphatic rings. The zero-order valence-electron chi connectivity index (χ0n) is 8.87. The molecule has 0 spiro atoms. The standard InChI is InChI=1S/C12H16FNO/c1-2-11-12(15-8-7-14-11)9-5-3-4-6-10(9)13/h3-6,11-12,14H,2,7-8H2,1H3. The van der Waals surface area contributed by atoms with Crippen molar-refractivity contribution >= 4 is 0 Å². The highest BCUT2D eigenvalue weighted by Gasteiger charge is 2.27. The monoisotopic (exact) mass is 209 g/mol. The maximum atomic E-state index is 13.6. The Balaban J connectivity index is 2.24. The molecule has 82 valence electrons. The molecule has 0 saturated carbocycles. The highest BCUT2D eigenvalue weighted by molar-refractivity contribution is 5.21. The van der Waals surface area contributed by atoms with Crippen molar-refractivity contribution in [3.63, 3.8) is 0 Å². The van der Waals surface area contributed by atoms with Gasteiger partial charge < -0.3 is 10.1 Å². The van der Waals surface area contributed by atoms with Gasteiger partial charge in [0.25, 0.3) is 0 Å². The Morgan fingerprint density at radius 2 is 2.27 bits per heavy atom. The average Bonchev–Trinajstić information content (AvgIpc) is 2.30. The summed E-state index contributed by atoms with van der Waals surface area (Å²) in [7, 11) is 0. The van der Waals surface area contributed by atoms with Gasteiger partial charge in [0.05, 0.1) is 6.61 Å². The van der Waals surface area contributed by atoms with E-state index in [9.17, 15) is 4.39 Å². The van der Waals surface area contributed by atoms with Crippen LogP contribution in [0.2, 0.25) is 0 Å². The van der Waals surface area contributed by atoms with E-state index >= 15 is 0 Å². The van der Waals surface area contributed by atoms with Crippen molar-refractivity contribution in [2.75, 3.05) is 13.2 Å². The number of nitrogens with one attached hydrogen (secondary N) is 1. The van der Waals surface area contributed by atoms with Crippen molar-refractivity contribution < 1.29 is 9.13 Å². The van der Waals surface area contributed by atoms with Crippen LogP contribution in [0.3, 0.4) is 0 Å². The van der Waals surface area contributed by atoms with Crippen LogP contribution in [0.25, 0.3) is 0 Å². The van der Waals surface area contributed by atoms with Crippen molar-refractivity contribution in [3.05, 3.63) is 35.6 Å².